The lowest BCUT2D eigenvalue weighted by molar-refractivity contribution is 0.372. The van der Waals surface area contributed by atoms with Gasteiger partial charge < -0.3 is 0 Å². The third-order valence-corrected chi connectivity index (χ3v) is 9.83. The van der Waals surface area contributed by atoms with Crippen LogP contribution in [0.25, 0.3) is 39.2 Å². The summed E-state index contributed by atoms with van der Waals surface area (Å²) in [4.78, 5) is 5.30. The maximum absolute atomic E-state index is 5.30. The van der Waals surface area contributed by atoms with Crippen LogP contribution in [0.4, 0.5) is 0 Å². The molecule has 0 fully saturated rings. The molecule has 0 bridgehead atoms. The number of allylic oxidation sites excluding steroid dienone is 4. The highest BCUT2D eigenvalue weighted by molar-refractivity contribution is 5.96. The molecule has 0 saturated carbocycles. The van der Waals surface area contributed by atoms with Crippen molar-refractivity contribution in [1.82, 2.24) is 9.55 Å². The molecule has 1 spiro atoms. The Kier molecular flexibility index (Phi) is 4.48. The predicted octanol–water partition coefficient (Wildman–Crippen LogP) is 9.02. The first-order chi connectivity index (χ1) is 20.2. The molecule has 1 aromatic heterocycles. The molecular weight excluding hydrogens is 496 g/mol. The van der Waals surface area contributed by atoms with Crippen LogP contribution in [0.2, 0.25) is 0 Å². The average Bonchev–Trinajstić information content (AvgIpc) is 3.64. The molecule has 41 heavy (non-hydrogen) atoms. The minimum Gasteiger partial charge on any atom is -0.292 e. The molecular formula is C39H28N2. The highest BCUT2D eigenvalue weighted by Crippen LogP contribution is 2.67. The van der Waals surface area contributed by atoms with Crippen molar-refractivity contribution in [3.8, 4) is 28.2 Å². The molecule has 9 rings (SSSR count). The van der Waals surface area contributed by atoms with Gasteiger partial charge in [0.1, 0.15) is 5.82 Å². The zero-order valence-electron chi connectivity index (χ0n) is 22.8. The minimum atomic E-state index is -0.280. The quantitative estimate of drug-likeness (QED) is 0.221. The van der Waals surface area contributed by atoms with E-state index in [-0.39, 0.29) is 16.7 Å². The van der Waals surface area contributed by atoms with E-state index in [1.54, 1.807) is 0 Å². The maximum Gasteiger partial charge on any atom is 0.146 e. The van der Waals surface area contributed by atoms with E-state index in [2.05, 4.69) is 157 Å². The minimum absolute atomic E-state index is 0.0900. The molecule has 3 aliphatic rings. The van der Waals surface area contributed by atoms with E-state index in [4.69, 9.17) is 4.98 Å². The van der Waals surface area contributed by atoms with Crippen molar-refractivity contribution in [2.24, 2.45) is 5.92 Å². The first-order valence-electron chi connectivity index (χ1n) is 14.5. The lowest BCUT2D eigenvalue weighted by atomic mass is 9.61. The van der Waals surface area contributed by atoms with Crippen LogP contribution in [0.15, 0.2) is 146 Å². The fraction of sp³-hybridized carbons (Fsp3) is 0.103. The highest BCUT2D eigenvalue weighted by atomic mass is 15.1. The van der Waals surface area contributed by atoms with Crippen LogP contribution in [-0.2, 0) is 10.8 Å². The van der Waals surface area contributed by atoms with Gasteiger partial charge in [-0.2, -0.15) is 0 Å². The van der Waals surface area contributed by atoms with Gasteiger partial charge in [0, 0.05) is 22.6 Å². The number of benzene rings is 5. The summed E-state index contributed by atoms with van der Waals surface area (Å²) in [6.45, 7) is 2.42. The molecule has 0 radical (unpaired) electrons. The van der Waals surface area contributed by atoms with Crippen molar-refractivity contribution >= 4 is 11.0 Å². The summed E-state index contributed by atoms with van der Waals surface area (Å²) in [6, 6.07) is 44.2. The summed E-state index contributed by atoms with van der Waals surface area (Å²) in [5.74, 6) is 1.25. The van der Waals surface area contributed by atoms with E-state index in [9.17, 15) is 0 Å². The first-order valence-corrected chi connectivity index (χ1v) is 14.5. The van der Waals surface area contributed by atoms with Gasteiger partial charge in [-0.25, -0.2) is 4.98 Å². The smallest absolute Gasteiger partial charge is 0.146 e. The fourth-order valence-corrected chi connectivity index (χ4v) is 8.27. The summed E-state index contributed by atoms with van der Waals surface area (Å²) in [6.07, 6.45) is 9.36. The van der Waals surface area contributed by atoms with Crippen LogP contribution in [-0.4, -0.2) is 9.55 Å². The van der Waals surface area contributed by atoms with Gasteiger partial charge in [0.25, 0.3) is 0 Å². The van der Waals surface area contributed by atoms with Gasteiger partial charge in [-0.15, -0.1) is 0 Å². The van der Waals surface area contributed by atoms with Gasteiger partial charge in [0.15, 0.2) is 0 Å². The van der Waals surface area contributed by atoms with Crippen LogP contribution < -0.4 is 0 Å². The molecule has 6 aromatic rings. The fourth-order valence-electron chi connectivity index (χ4n) is 8.27. The number of para-hydroxylation sites is 3. The Balaban J connectivity index is 1.42. The van der Waals surface area contributed by atoms with E-state index in [0.29, 0.717) is 0 Å². The number of fused-ring (bicyclic) bond motifs is 11. The van der Waals surface area contributed by atoms with E-state index in [0.717, 1.165) is 22.5 Å². The molecule has 194 valence electrons. The van der Waals surface area contributed by atoms with E-state index < -0.39 is 0 Å². The molecule has 2 heteroatoms. The number of nitrogens with zero attached hydrogens (tertiary/aromatic N) is 2. The lowest BCUT2D eigenvalue weighted by Crippen LogP contribution is -2.38. The first kappa shape index (κ1) is 22.8. The Bertz CT molecular complexity index is 2080. The second kappa shape index (κ2) is 8.05. The summed E-state index contributed by atoms with van der Waals surface area (Å²) >= 11 is 0. The van der Waals surface area contributed by atoms with Gasteiger partial charge in [0.05, 0.1) is 16.4 Å². The van der Waals surface area contributed by atoms with Crippen molar-refractivity contribution in [2.75, 3.05) is 0 Å². The number of aromatic nitrogens is 2. The molecule has 3 aliphatic carbocycles. The Morgan fingerprint density at radius 2 is 1.29 bits per heavy atom. The van der Waals surface area contributed by atoms with E-state index >= 15 is 0 Å². The number of imidazole rings is 1. The number of rotatable bonds is 2. The molecule has 1 heterocycles. The van der Waals surface area contributed by atoms with Crippen LogP contribution in [0.5, 0.6) is 0 Å². The standard InChI is InChI=1S/C39H28N2/c1-38-25-12-11-24-35(38)39(31-20-8-7-19-30(31)38)29-18-6-5-16-27(29)36-28(17-13-21-32(36)39)37-40-33-22-9-10-23-34(33)41(37)26-14-3-2-4-15-26/h2-25,35H,1H3. The Morgan fingerprint density at radius 1 is 0.610 bits per heavy atom. The lowest BCUT2D eigenvalue weighted by Gasteiger charge is -2.40. The normalized spacial score (nSPS) is 23.0. The average molecular weight is 525 g/mol. The maximum atomic E-state index is 5.30. The van der Waals surface area contributed by atoms with Crippen LogP contribution in [0.3, 0.4) is 0 Å². The Labute approximate surface area is 240 Å². The SMILES string of the molecule is CC12C=CC=CC1C1(c3ccccc3-c3c(-c4nc5ccccc5n4-c4ccccc4)cccc31)c1ccccc12. The summed E-state index contributed by atoms with van der Waals surface area (Å²) in [7, 11) is 0. The third kappa shape index (κ3) is 2.75. The highest BCUT2D eigenvalue weighted by Gasteiger charge is 2.61. The topological polar surface area (TPSA) is 17.8 Å². The molecule has 2 nitrogen and oxygen atoms in total. The molecule has 3 unspecified atom stereocenters. The van der Waals surface area contributed by atoms with Gasteiger partial charge >= 0.3 is 0 Å². The zero-order valence-corrected chi connectivity index (χ0v) is 22.8. The van der Waals surface area contributed by atoms with Crippen molar-refractivity contribution < 1.29 is 0 Å². The van der Waals surface area contributed by atoms with Gasteiger partial charge in [-0.05, 0) is 57.6 Å². The summed E-state index contributed by atoms with van der Waals surface area (Å²) in [5.41, 5.74) is 12.3. The molecule has 0 N–H and O–H groups in total. The predicted molar refractivity (Wildman–Crippen MR) is 167 cm³/mol. The third-order valence-electron chi connectivity index (χ3n) is 9.83. The van der Waals surface area contributed by atoms with Crippen LogP contribution in [0.1, 0.15) is 29.2 Å². The second-order valence-corrected chi connectivity index (χ2v) is 11.7. The molecule has 0 aliphatic heterocycles. The summed E-state index contributed by atoms with van der Waals surface area (Å²) < 4.78 is 2.33. The van der Waals surface area contributed by atoms with Crippen molar-refractivity contribution in [3.63, 3.8) is 0 Å². The van der Waals surface area contributed by atoms with Crippen molar-refractivity contribution in [1.29, 1.82) is 0 Å². The van der Waals surface area contributed by atoms with Crippen LogP contribution >= 0.6 is 0 Å². The second-order valence-electron chi connectivity index (χ2n) is 11.7. The van der Waals surface area contributed by atoms with E-state index in [1.807, 2.05) is 0 Å². The molecule has 3 atom stereocenters. The van der Waals surface area contributed by atoms with Crippen molar-refractivity contribution in [3.05, 3.63) is 168 Å². The van der Waals surface area contributed by atoms with Gasteiger partial charge in [-0.3, -0.25) is 4.57 Å². The monoisotopic (exact) mass is 524 g/mol. The van der Waals surface area contributed by atoms with Gasteiger partial charge in [-0.1, -0.05) is 128 Å². The van der Waals surface area contributed by atoms with Crippen molar-refractivity contribution in [2.45, 2.75) is 17.8 Å². The number of hydrogen-bond acceptors (Lipinski definition) is 1. The molecule has 5 aromatic carbocycles. The zero-order chi connectivity index (χ0) is 27.2. The number of hydrogen-bond donors (Lipinski definition) is 0. The Morgan fingerprint density at radius 3 is 2.17 bits per heavy atom. The van der Waals surface area contributed by atoms with Crippen LogP contribution in [0, 0.1) is 5.92 Å². The largest absolute Gasteiger partial charge is 0.292 e. The Hall–Kier alpha value is -4.95. The summed E-state index contributed by atoms with van der Waals surface area (Å²) in [5, 5.41) is 0. The van der Waals surface area contributed by atoms with Gasteiger partial charge in [0.2, 0.25) is 0 Å². The van der Waals surface area contributed by atoms with E-state index in [1.165, 1.54) is 38.9 Å². The molecule has 0 saturated heterocycles. The molecule has 0 amide bonds.